The van der Waals surface area contributed by atoms with Crippen molar-refractivity contribution < 1.29 is 23.9 Å². The second-order valence-corrected chi connectivity index (χ2v) is 5.98. The summed E-state index contributed by atoms with van der Waals surface area (Å²) >= 11 is 11.7. The Morgan fingerprint density at radius 2 is 2.04 bits per heavy atom. The Bertz CT molecular complexity index is 659. The van der Waals surface area contributed by atoms with E-state index in [-0.39, 0.29) is 44.2 Å². The Hall–Kier alpha value is -1.99. The summed E-state index contributed by atoms with van der Waals surface area (Å²) in [5.41, 5.74) is 0. The highest BCUT2D eigenvalue weighted by molar-refractivity contribution is 6.35. The molecule has 0 bridgehead atoms. The Morgan fingerprint density at radius 3 is 2.65 bits per heavy atom. The molecule has 2 fully saturated rings. The summed E-state index contributed by atoms with van der Waals surface area (Å²) in [7, 11) is 0. The number of ether oxygens (including phenoxy) is 2. The van der Waals surface area contributed by atoms with E-state index in [0.717, 1.165) is 4.90 Å². The Balaban J connectivity index is 1.49. The minimum absolute atomic E-state index is 0.188. The number of hydrogen-bond acceptors (Lipinski definition) is 5. The minimum atomic E-state index is -0.656. The van der Waals surface area contributed by atoms with Crippen LogP contribution in [0, 0.1) is 0 Å². The molecule has 0 N–H and O–H groups in total. The van der Waals surface area contributed by atoms with Crippen molar-refractivity contribution in [2.75, 3.05) is 26.3 Å². The predicted molar refractivity (Wildman–Crippen MR) is 80.5 cm³/mol. The summed E-state index contributed by atoms with van der Waals surface area (Å²) in [5.74, 6) is -0.275. The number of likely N-dealkylation sites (tertiary alicyclic amines) is 1. The van der Waals surface area contributed by atoms with Crippen molar-refractivity contribution in [3.63, 3.8) is 0 Å². The third-order valence-electron chi connectivity index (χ3n) is 3.61. The van der Waals surface area contributed by atoms with Crippen molar-refractivity contribution in [2.24, 2.45) is 0 Å². The van der Waals surface area contributed by atoms with Gasteiger partial charge in [0.1, 0.15) is 5.75 Å². The second kappa shape index (κ2) is 6.25. The number of imide groups is 1. The molecule has 2 saturated heterocycles. The number of nitrogens with zero attached hydrogens (tertiary/aromatic N) is 2. The van der Waals surface area contributed by atoms with Gasteiger partial charge >= 0.3 is 6.09 Å². The number of benzene rings is 1. The molecule has 3 rings (SSSR count). The van der Waals surface area contributed by atoms with Gasteiger partial charge in [-0.1, -0.05) is 23.2 Å². The molecular weight excluding hydrogens is 347 g/mol. The van der Waals surface area contributed by atoms with Crippen LogP contribution in [0.2, 0.25) is 10.0 Å². The molecule has 2 aliphatic heterocycles. The Labute approximate surface area is 141 Å². The van der Waals surface area contributed by atoms with Gasteiger partial charge < -0.3 is 14.4 Å². The lowest BCUT2D eigenvalue weighted by atomic mass is 10.1. The van der Waals surface area contributed by atoms with E-state index < -0.39 is 6.09 Å². The van der Waals surface area contributed by atoms with Gasteiger partial charge in [0.05, 0.1) is 11.1 Å². The van der Waals surface area contributed by atoms with Crippen LogP contribution in [0.15, 0.2) is 18.2 Å². The van der Waals surface area contributed by atoms with E-state index >= 15 is 0 Å². The summed E-state index contributed by atoms with van der Waals surface area (Å²) < 4.78 is 10.0. The van der Waals surface area contributed by atoms with E-state index in [9.17, 15) is 14.4 Å². The molecule has 0 atom stereocenters. The van der Waals surface area contributed by atoms with Crippen molar-refractivity contribution >= 4 is 41.1 Å². The van der Waals surface area contributed by atoms with Gasteiger partial charge in [0.2, 0.25) is 0 Å². The van der Waals surface area contributed by atoms with E-state index in [4.69, 9.17) is 27.9 Å². The molecule has 0 aliphatic carbocycles. The molecule has 0 saturated carbocycles. The molecule has 0 unspecified atom stereocenters. The number of cyclic esters (lactones) is 1. The van der Waals surface area contributed by atoms with E-state index in [0.29, 0.717) is 15.8 Å². The molecule has 0 radical (unpaired) electrons. The highest BCUT2D eigenvalue weighted by Gasteiger charge is 2.44. The lowest BCUT2D eigenvalue weighted by Crippen LogP contribution is -2.62. The number of carbonyl (C=O) groups excluding carboxylic acids is 3. The van der Waals surface area contributed by atoms with Crippen LogP contribution in [0.4, 0.5) is 4.79 Å². The maximum Gasteiger partial charge on any atom is 0.417 e. The Morgan fingerprint density at radius 1 is 1.30 bits per heavy atom. The van der Waals surface area contributed by atoms with Gasteiger partial charge in [-0.25, -0.2) is 9.69 Å². The fourth-order valence-electron chi connectivity index (χ4n) is 2.36. The summed E-state index contributed by atoms with van der Waals surface area (Å²) in [4.78, 5) is 37.5. The predicted octanol–water partition coefficient (Wildman–Crippen LogP) is 1.56. The van der Waals surface area contributed by atoms with Crippen LogP contribution in [0.3, 0.4) is 0 Å². The largest absolute Gasteiger partial charge is 0.482 e. The molecule has 2 heterocycles. The lowest BCUT2D eigenvalue weighted by Gasteiger charge is -2.41. The minimum Gasteiger partial charge on any atom is -0.482 e. The number of carbonyl (C=O) groups is 3. The van der Waals surface area contributed by atoms with Crippen LogP contribution in [-0.4, -0.2) is 60.1 Å². The van der Waals surface area contributed by atoms with Gasteiger partial charge in [-0.2, -0.15) is 0 Å². The first-order chi connectivity index (χ1) is 11.0. The second-order valence-electron chi connectivity index (χ2n) is 5.13. The fourth-order valence-corrected chi connectivity index (χ4v) is 2.83. The highest BCUT2D eigenvalue weighted by atomic mass is 35.5. The Kier molecular flexibility index (Phi) is 4.32. The van der Waals surface area contributed by atoms with Gasteiger partial charge in [0.15, 0.2) is 13.2 Å². The number of amides is 3. The van der Waals surface area contributed by atoms with Gasteiger partial charge in [-0.05, 0) is 18.2 Å². The van der Waals surface area contributed by atoms with Crippen molar-refractivity contribution in [1.29, 1.82) is 0 Å². The molecule has 0 aromatic heterocycles. The number of hydrogen-bond donors (Lipinski definition) is 0. The molecule has 0 spiro atoms. The van der Waals surface area contributed by atoms with Crippen LogP contribution in [0.1, 0.15) is 0 Å². The highest BCUT2D eigenvalue weighted by Crippen LogP contribution is 2.27. The molecule has 7 nitrogen and oxygen atoms in total. The standard InChI is InChI=1S/C14H12Cl2N2O5/c15-8-1-2-11(10(16)3-8)22-6-12(19)17-4-9(5-17)18-13(20)7-23-14(18)21/h1-3,9H,4-7H2. The van der Waals surface area contributed by atoms with Crippen molar-refractivity contribution in [3.05, 3.63) is 28.2 Å². The fraction of sp³-hybridized carbons (Fsp3) is 0.357. The molecule has 23 heavy (non-hydrogen) atoms. The monoisotopic (exact) mass is 358 g/mol. The zero-order valence-corrected chi connectivity index (χ0v) is 13.3. The molecule has 2 aliphatic rings. The van der Waals surface area contributed by atoms with Gasteiger partial charge in [0, 0.05) is 18.1 Å². The third-order valence-corrected chi connectivity index (χ3v) is 4.14. The van der Waals surface area contributed by atoms with Crippen molar-refractivity contribution in [2.45, 2.75) is 6.04 Å². The zero-order chi connectivity index (χ0) is 16.6. The van der Waals surface area contributed by atoms with Crippen LogP contribution >= 0.6 is 23.2 Å². The van der Waals surface area contributed by atoms with Crippen molar-refractivity contribution in [1.82, 2.24) is 9.80 Å². The first kappa shape index (κ1) is 15.9. The van der Waals surface area contributed by atoms with E-state index in [2.05, 4.69) is 4.74 Å². The maximum absolute atomic E-state index is 12.0. The van der Waals surface area contributed by atoms with Gasteiger partial charge in [-0.3, -0.25) is 9.59 Å². The average Bonchev–Trinajstić information content (AvgIpc) is 2.77. The average molecular weight is 359 g/mol. The molecule has 1 aromatic carbocycles. The number of halogens is 2. The SMILES string of the molecule is O=C(COc1ccc(Cl)cc1Cl)N1CC(N2C(=O)COC2=O)C1. The quantitative estimate of drug-likeness (QED) is 0.816. The summed E-state index contributed by atoms with van der Waals surface area (Å²) in [6.45, 7) is 0.128. The maximum atomic E-state index is 12.0. The lowest BCUT2D eigenvalue weighted by molar-refractivity contribution is -0.143. The third kappa shape index (κ3) is 3.20. The topological polar surface area (TPSA) is 76.2 Å². The molecule has 1 aromatic rings. The number of rotatable bonds is 4. The first-order valence-corrected chi connectivity index (χ1v) is 7.55. The van der Waals surface area contributed by atoms with Crippen molar-refractivity contribution in [3.8, 4) is 5.75 Å². The van der Waals surface area contributed by atoms with E-state index in [1.54, 1.807) is 12.1 Å². The van der Waals surface area contributed by atoms with E-state index in [1.807, 2.05) is 0 Å². The van der Waals surface area contributed by atoms with E-state index in [1.165, 1.54) is 11.0 Å². The smallest absolute Gasteiger partial charge is 0.417 e. The molecule has 122 valence electrons. The van der Waals surface area contributed by atoms with Gasteiger partial charge in [0.25, 0.3) is 11.8 Å². The molecule has 9 heteroatoms. The van der Waals surface area contributed by atoms with Crippen LogP contribution in [0.5, 0.6) is 5.75 Å². The van der Waals surface area contributed by atoms with Crippen LogP contribution in [-0.2, 0) is 14.3 Å². The molecule has 3 amide bonds. The summed E-state index contributed by atoms with van der Waals surface area (Å²) in [5, 5.41) is 0.790. The first-order valence-electron chi connectivity index (χ1n) is 6.80. The zero-order valence-electron chi connectivity index (χ0n) is 11.8. The summed E-state index contributed by atoms with van der Waals surface area (Å²) in [6, 6.07) is 4.38. The van der Waals surface area contributed by atoms with Crippen LogP contribution < -0.4 is 4.74 Å². The normalized spacial score (nSPS) is 18.0. The van der Waals surface area contributed by atoms with Gasteiger partial charge in [-0.15, -0.1) is 0 Å². The molecular formula is C14H12Cl2N2O5. The van der Waals surface area contributed by atoms with Crippen LogP contribution in [0.25, 0.3) is 0 Å². The summed E-state index contributed by atoms with van der Waals surface area (Å²) in [6.07, 6.45) is -0.656.